The van der Waals surface area contributed by atoms with E-state index in [0.29, 0.717) is 28.0 Å². The number of para-hydroxylation sites is 2. The van der Waals surface area contributed by atoms with Crippen LogP contribution in [0.3, 0.4) is 0 Å². The molecule has 1 heterocycles. The van der Waals surface area contributed by atoms with Crippen molar-refractivity contribution >= 4 is 23.4 Å². The van der Waals surface area contributed by atoms with Crippen molar-refractivity contribution in [3.05, 3.63) is 54.3 Å². The van der Waals surface area contributed by atoms with Gasteiger partial charge >= 0.3 is 0 Å². The van der Waals surface area contributed by atoms with Gasteiger partial charge in [0, 0.05) is 7.05 Å². The molecule has 1 aromatic heterocycles. The van der Waals surface area contributed by atoms with Gasteiger partial charge in [-0.15, -0.1) is 10.2 Å². The van der Waals surface area contributed by atoms with E-state index in [9.17, 15) is 9.18 Å². The number of aromatic nitrogens is 3. The van der Waals surface area contributed by atoms with Crippen LogP contribution in [-0.2, 0) is 11.8 Å². The van der Waals surface area contributed by atoms with Crippen LogP contribution in [0.2, 0.25) is 0 Å². The van der Waals surface area contributed by atoms with Crippen LogP contribution in [0.5, 0.6) is 5.75 Å². The number of carbonyl (C=O) groups excluding carboxylic acids is 1. The van der Waals surface area contributed by atoms with Gasteiger partial charge in [0.25, 0.3) is 0 Å². The predicted molar refractivity (Wildman–Crippen MR) is 103 cm³/mol. The second-order valence-electron chi connectivity index (χ2n) is 5.79. The number of thioether (sulfide) groups is 1. The van der Waals surface area contributed by atoms with Crippen molar-refractivity contribution in [3.63, 3.8) is 0 Å². The summed E-state index contributed by atoms with van der Waals surface area (Å²) < 4.78 is 20.9. The zero-order valence-corrected chi connectivity index (χ0v) is 16.0. The van der Waals surface area contributed by atoms with E-state index >= 15 is 0 Å². The Kier molecular flexibility index (Phi) is 5.75. The first-order valence-corrected chi connectivity index (χ1v) is 9.14. The molecule has 3 aromatic rings. The Hall–Kier alpha value is -2.87. The summed E-state index contributed by atoms with van der Waals surface area (Å²) in [5.41, 5.74) is 0.966. The summed E-state index contributed by atoms with van der Waals surface area (Å²) in [7, 11) is 3.29. The number of rotatable bonds is 6. The first kappa shape index (κ1) is 18.9. The number of anilines is 1. The molecule has 8 heteroatoms. The highest BCUT2D eigenvalue weighted by Crippen LogP contribution is 2.29. The number of hydrogen-bond acceptors (Lipinski definition) is 5. The molecule has 0 bridgehead atoms. The van der Waals surface area contributed by atoms with E-state index in [2.05, 4.69) is 15.5 Å². The molecule has 0 aliphatic carbocycles. The summed E-state index contributed by atoms with van der Waals surface area (Å²) in [6.45, 7) is 1.77. The molecule has 1 atom stereocenters. The van der Waals surface area contributed by atoms with E-state index in [4.69, 9.17) is 4.74 Å². The number of benzene rings is 2. The lowest BCUT2D eigenvalue weighted by molar-refractivity contribution is -0.115. The Morgan fingerprint density at radius 1 is 1.19 bits per heavy atom. The minimum absolute atomic E-state index is 0.194. The predicted octanol–water partition coefficient (Wildman–Crippen LogP) is 3.75. The molecular weight excluding hydrogens is 367 g/mol. The lowest BCUT2D eigenvalue weighted by atomic mass is 10.2. The van der Waals surface area contributed by atoms with E-state index in [1.807, 2.05) is 12.1 Å². The SMILES string of the molecule is COc1ccccc1NC(=O)[C@H](C)Sc1nnc(-c2ccccc2F)n1C. The van der Waals surface area contributed by atoms with Crippen molar-refractivity contribution in [1.82, 2.24) is 14.8 Å². The van der Waals surface area contributed by atoms with Crippen LogP contribution in [0, 0.1) is 5.82 Å². The van der Waals surface area contributed by atoms with E-state index < -0.39 is 5.25 Å². The van der Waals surface area contributed by atoms with Gasteiger partial charge < -0.3 is 14.6 Å². The van der Waals surface area contributed by atoms with Gasteiger partial charge in [0.05, 0.1) is 23.6 Å². The summed E-state index contributed by atoms with van der Waals surface area (Å²) in [5.74, 6) is 0.433. The Morgan fingerprint density at radius 2 is 1.89 bits per heavy atom. The van der Waals surface area contributed by atoms with Gasteiger partial charge in [-0.05, 0) is 31.2 Å². The molecule has 140 valence electrons. The van der Waals surface area contributed by atoms with Crippen LogP contribution < -0.4 is 10.1 Å². The van der Waals surface area contributed by atoms with Gasteiger partial charge in [-0.2, -0.15) is 0 Å². The van der Waals surface area contributed by atoms with Crippen LogP contribution in [0.15, 0.2) is 53.7 Å². The van der Waals surface area contributed by atoms with Crippen LogP contribution in [0.1, 0.15) is 6.92 Å². The molecule has 0 aliphatic heterocycles. The van der Waals surface area contributed by atoms with Gasteiger partial charge in [0.2, 0.25) is 5.91 Å². The summed E-state index contributed by atoms with van der Waals surface area (Å²) in [6.07, 6.45) is 0. The number of carbonyl (C=O) groups is 1. The molecule has 27 heavy (non-hydrogen) atoms. The largest absolute Gasteiger partial charge is 0.495 e. The quantitative estimate of drug-likeness (QED) is 0.654. The molecule has 0 unspecified atom stereocenters. The smallest absolute Gasteiger partial charge is 0.237 e. The standard InChI is InChI=1S/C19H19FN4O2S/c1-12(18(25)21-15-10-6-7-11-16(15)26-3)27-19-23-22-17(24(19)2)13-8-4-5-9-14(13)20/h4-12H,1-3H3,(H,21,25)/t12-/m0/s1. The molecule has 0 spiro atoms. The van der Waals surface area contributed by atoms with Crippen molar-refractivity contribution in [2.45, 2.75) is 17.3 Å². The van der Waals surface area contributed by atoms with Crippen molar-refractivity contribution in [2.24, 2.45) is 7.05 Å². The zero-order chi connectivity index (χ0) is 19.4. The lowest BCUT2D eigenvalue weighted by Gasteiger charge is -2.13. The molecule has 0 radical (unpaired) electrons. The molecule has 0 saturated carbocycles. The number of hydrogen-bond donors (Lipinski definition) is 1. The van der Waals surface area contributed by atoms with Crippen LogP contribution in [0.4, 0.5) is 10.1 Å². The van der Waals surface area contributed by atoms with Crippen LogP contribution in [-0.4, -0.2) is 33.0 Å². The second-order valence-corrected chi connectivity index (χ2v) is 7.10. The molecule has 0 aliphatic rings. The lowest BCUT2D eigenvalue weighted by Crippen LogP contribution is -2.23. The molecule has 1 amide bonds. The molecule has 0 saturated heterocycles. The van der Waals surface area contributed by atoms with Gasteiger partial charge in [-0.3, -0.25) is 4.79 Å². The van der Waals surface area contributed by atoms with Crippen molar-refractivity contribution in [3.8, 4) is 17.1 Å². The average Bonchev–Trinajstić information content (AvgIpc) is 3.03. The minimum atomic E-state index is -0.439. The summed E-state index contributed by atoms with van der Waals surface area (Å²) in [6, 6.07) is 13.6. The third kappa shape index (κ3) is 4.11. The number of nitrogens with zero attached hydrogens (tertiary/aromatic N) is 3. The van der Waals surface area contributed by atoms with Gasteiger partial charge in [-0.1, -0.05) is 36.0 Å². The Morgan fingerprint density at radius 3 is 2.63 bits per heavy atom. The van der Waals surface area contributed by atoms with Crippen molar-refractivity contribution in [1.29, 1.82) is 0 Å². The fraction of sp³-hybridized carbons (Fsp3) is 0.211. The minimum Gasteiger partial charge on any atom is -0.495 e. The van der Waals surface area contributed by atoms with Crippen molar-refractivity contribution < 1.29 is 13.9 Å². The van der Waals surface area contributed by atoms with Gasteiger partial charge in [0.1, 0.15) is 11.6 Å². The van der Waals surface area contributed by atoms with E-state index in [-0.39, 0.29) is 11.7 Å². The van der Waals surface area contributed by atoms with Gasteiger partial charge in [-0.25, -0.2) is 4.39 Å². The molecule has 6 nitrogen and oxygen atoms in total. The maximum Gasteiger partial charge on any atom is 0.237 e. The van der Waals surface area contributed by atoms with E-state index in [1.165, 1.54) is 17.8 Å². The number of amides is 1. The maximum absolute atomic E-state index is 14.0. The number of methoxy groups -OCH3 is 1. The molecular formula is C19H19FN4O2S. The van der Waals surface area contributed by atoms with Crippen LogP contribution in [0.25, 0.3) is 11.4 Å². The fourth-order valence-corrected chi connectivity index (χ4v) is 3.30. The maximum atomic E-state index is 14.0. The van der Waals surface area contributed by atoms with Gasteiger partial charge in [0.15, 0.2) is 11.0 Å². The highest BCUT2D eigenvalue weighted by molar-refractivity contribution is 8.00. The Balaban J connectivity index is 1.74. The molecule has 0 fully saturated rings. The summed E-state index contributed by atoms with van der Waals surface area (Å²) in [4.78, 5) is 12.5. The Labute approximate surface area is 160 Å². The number of halogens is 1. The first-order valence-electron chi connectivity index (χ1n) is 8.26. The molecule has 2 aromatic carbocycles. The number of ether oxygens (including phenoxy) is 1. The van der Waals surface area contributed by atoms with Crippen LogP contribution >= 0.6 is 11.8 Å². The second kappa shape index (κ2) is 8.22. The summed E-state index contributed by atoms with van der Waals surface area (Å²) in [5, 5.41) is 11.1. The fourth-order valence-electron chi connectivity index (χ4n) is 2.49. The highest BCUT2D eigenvalue weighted by atomic mass is 32.2. The average molecular weight is 386 g/mol. The van der Waals surface area contributed by atoms with E-state index in [0.717, 1.165) is 0 Å². The molecule has 1 N–H and O–H groups in total. The Bertz CT molecular complexity index is 960. The third-order valence-corrected chi connectivity index (χ3v) is 5.10. The highest BCUT2D eigenvalue weighted by Gasteiger charge is 2.21. The first-order chi connectivity index (χ1) is 13.0. The third-order valence-electron chi connectivity index (χ3n) is 3.97. The number of nitrogens with one attached hydrogen (secondary N) is 1. The van der Waals surface area contributed by atoms with E-state index in [1.54, 1.807) is 56.0 Å². The summed E-state index contributed by atoms with van der Waals surface area (Å²) >= 11 is 1.25. The van der Waals surface area contributed by atoms with Crippen molar-refractivity contribution in [2.75, 3.05) is 12.4 Å². The molecule has 3 rings (SSSR count). The monoisotopic (exact) mass is 386 g/mol. The normalized spacial score (nSPS) is 11.9. The zero-order valence-electron chi connectivity index (χ0n) is 15.1. The topological polar surface area (TPSA) is 69.0 Å².